The number of methoxy groups -OCH3 is 1. The highest BCUT2D eigenvalue weighted by atomic mass is 16.5. The van der Waals surface area contributed by atoms with Crippen LogP contribution in [0.4, 0.5) is 0 Å². The van der Waals surface area contributed by atoms with E-state index in [9.17, 15) is 0 Å². The summed E-state index contributed by atoms with van der Waals surface area (Å²) >= 11 is 0. The monoisotopic (exact) mass is 308 g/mol. The molecule has 0 heterocycles. The first-order valence-electron chi connectivity index (χ1n) is 7.95. The molecule has 0 spiro atoms. The van der Waals surface area contributed by atoms with Gasteiger partial charge in [0.05, 0.1) is 26.4 Å². The summed E-state index contributed by atoms with van der Waals surface area (Å²) in [7, 11) is 1.71. The average Bonchev–Trinajstić information content (AvgIpc) is 2.41. The van der Waals surface area contributed by atoms with Crippen LogP contribution in [0.3, 0.4) is 0 Å². The fraction of sp³-hybridized carbons (Fsp3) is 0.684. The van der Waals surface area contributed by atoms with Gasteiger partial charge in [-0.1, -0.05) is 47.6 Å². The Morgan fingerprint density at radius 3 is 2.05 bits per heavy atom. The normalized spacial score (nSPS) is 14.0. The van der Waals surface area contributed by atoms with E-state index in [0.29, 0.717) is 6.61 Å². The molecule has 1 unspecified atom stereocenters. The molecule has 0 aliphatic rings. The summed E-state index contributed by atoms with van der Waals surface area (Å²) in [6.45, 7) is 15.5. The summed E-state index contributed by atoms with van der Waals surface area (Å²) < 4.78 is 11.4. The van der Waals surface area contributed by atoms with Crippen molar-refractivity contribution in [1.82, 2.24) is 0 Å². The average molecular weight is 308 g/mol. The molecule has 1 aromatic carbocycles. The highest BCUT2D eigenvalue weighted by molar-refractivity contribution is 5.49. The van der Waals surface area contributed by atoms with Gasteiger partial charge >= 0.3 is 0 Å². The number of hydrogen-bond donors (Lipinski definition) is 1. The van der Waals surface area contributed by atoms with Gasteiger partial charge in [0.15, 0.2) is 0 Å². The minimum absolute atomic E-state index is 0.00997. The van der Waals surface area contributed by atoms with Gasteiger partial charge in [-0.25, -0.2) is 0 Å². The summed E-state index contributed by atoms with van der Waals surface area (Å²) in [5, 5.41) is 9.15. The van der Waals surface area contributed by atoms with E-state index in [4.69, 9.17) is 14.6 Å². The third kappa shape index (κ3) is 4.72. The van der Waals surface area contributed by atoms with Crippen LogP contribution in [0.25, 0.3) is 0 Å². The van der Waals surface area contributed by atoms with Crippen LogP contribution in [0.15, 0.2) is 12.1 Å². The molecular formula is C19H32O3. The van der Waals surface area contributed by atoms with E-state index in [1.54, 1.807) is 7.11 Å². The van der Waals surface area contributed by atoms with Crippen molar-refractivity contribution in [2.24, 2.45) is 0 Å². The summed E-state index contributed by atoms with van der Waals surface area (Å²) in [5.74, 6) is 0.894. The number of ether oxygens (including phenoxy) is 2. The van der Waals surface area contributed by atoms with E-state index in [0.717, 1.165) is 11.3 Å². The lowest BCUT2D eigenvalue weighted by molar-refractivity contribution is 0.0136. The van der Waals surface area contributed by atoms with Gasteiger partial charge in [-0.2, -0.15) is 0 Å². The zero-order valence-electron chi connectivity index (χ0n) is 15.4. The Hall–Kier alpha value is -1.06. The molecule has 0 aliphatic carbocycles. The third-order valence-electron chi connectivity index (χ3n) is 3.82. The second-order valence-electron chi connectivity index (χ2n) is 8.02. The predicted molar refractivity (Wildman–Crippen MR) is 91.7 cm³/mol. The molecular weight excluding hydrogens is 276 g/mol. The van der Waals surface area contributed by atoms with Crippen molar-refractivity contribution in [2.45, 2.75) is 72.0 Å². The Morgan fingerprint density at radius 2 is 1.64 bits per heavy atom. The molecule has 0 saturated heterocycles. The lowest BCUT2D eigenvalue weighted by atomic mass is 9.79. The number of aliphatic hydroxyl groups excluding tert-OH is 1. The van der Waals surface area contributed by atoms with Crippen LogP contribution in [-0.2, 0) is 22.2 Å². The van der Waals surface area contributed by atoms with Crippen LogP contribution >= 0.6 is 0 Å². The quantitative estimate of drug-likeness (QED) is 0.886. The molecule has 0 radical (unpaired) electrons. The second-order valence-corrected chi connectivity index (χ2v) is 8.02. The Bertz CT molecular complexity index is 493. The minimum Gasteiger partial charge on any atom is -0.496 e. The van der Waals surface area contributed by atoms with Crippen LogP contribution < -0.4 is 4.74 Å². The number of benzene rings is 1. The van der Waals surface area contributed by atoms with E-state index in [-0.39, 0.29) is 23.5 Å². The van der Waals surface area contributed by atoms with Crippen molar-refractivity contribution >= 4 is 0 Å². The molecule has 1 aromatic rings. The standard InChI is InChI=1S/C19H32O3/c1-13(11-20)22-12-14-9-15(18(2,3)4)10-16(17(14)21-8)19(5,6)7/h9-10,13,20H,11-12H2,1-8H3. The molecule has 0 fully saturated rings. The first-order valence-corrected chi connectivity index (χ1v) is 7.95. The maximum Gasteiger partial charge on any atom is 0.128 e. The van der Waals surface area contributed by atoms with Crippen LogP contribution in [0.1, 0.15) is 65.2 Å². The topological polar surface area (TPSA) is 38.7 Å². The second kappa shape index (κ2) is 7.01. The molecule has 1 atom stereocenters. The lowest BCUT2D eigenvalue weighted by Crippen LogP contribution is -2.20. The fourth-order valence-electron chi connectivity index (χ4n) is 2.31. The van der Waals surface area contributed by atoms with E-state index >= 15 is 0 Å². The molecule has 0 amide bonds. The highest BCUT2D eigenvalue weighted by Gasteiger charge is 2.25. The summed E-state index contributed by atoms with van der Waals surface area (Å²) in [6.07, 6.45) is -0.180. The maximum absolute atomic E-state index is 9.15. The third-order valence-corrected chi connectivity index (χ3v) is 3.82. The lowest BCUT2D eigenvalue weighted by Gasteiger charge is -2.29. The molecule has 3 heteroatoms. The molecule has 0 bridgehead atoms. The van der Waals surface area contributed by atoms with Gasteiger partial charge in [0.1, 0.15) is 5.75 Å². The van der Waals surface area contributed by atoms with Crippen LogP contribution in [0.2, 0.25) is 0 Å². The van der Waals surface area contributed by atoms with Crippen molar-refractivity contribution in [2.75, 3.05) is 13.7 Å². The molecule has 0 saturated carbocycles. The Balaban J connectivity index is 3.38. The number of rotatable bonds is 5. The zero-order valence-corrected chi connectivity index (χ0v) is 15.4. The molecule has 3 nitrogen and oxygen atoms in total. The van der Waals surface area contributed by atoms with Gasteiger partial charge < -0.3 is 14.6 Å². The summed E-state index contributed by atoms with van der Waals surface area (Å²) in [5.41, 5.74) is 3.56. The van der Waals surface area contributed by atoms with Gasteiger partial charge in [-0.3, -0.25) is 0 Å². The largest absolute Gasteiger partial charge is 0.496 e. The minimum atomic E-state index is -0.180. The van der Waals surface area contributed by atoms with Gasteiger partial charge in [0, 0.05) is 11.1 Å². The first-order chi connectivity index (χ1) is 10.0. The molecule has 126 valence electrons. The van der Waals surface area contributed by atoms with Gasteiger partial charge in [0.2, 0.25) is 0 Å². The SMILES string of the molecule is COc1c(COC(C)CO)cc(C(C)(C)C)cc1C(C)(C)C. The van der Waals surface area contributed by atoms with E-state index in [1.165, 1.54) is 11.1 Å². The smallest absolute Gasteiger partial charge is 0.128 e. The summed E-state index contributed by atoms with van der Waals surface area (Å²) in [4.78, 5) is 0. The molecule has 0 aromatic heterocycles. The zero-order chi connectivity index (χ0) is 17.1. The summed E-state index contributed by atoms with van der Waals surface area (Å²) in [6, 6.07) is 4.41. The van der Waals surface area contributed by atoms with Crippen molar-refractivity contribution in [3.8, 4) is 5.75 Å². The van der Waals surface area contributed by atoms with Gasteiger partial charge in [-0.15, -0.1) is 0 Å². The molecule has 1 rings (SSSR count). The van der Waals surface area contributed by atoms with E-state index in [2.05, 4.69) is 53.7 Å². The van der Waals surface area contributed by atoms with Crippen LogP contribution in [0.5, 0.6) is 5.75 Å². The first kappa shape index (κ1) is 19.0. The molecule has 22 heavy (non-hydrogen) atoms. The molecule has 0 aliphatic heterocycles. The molecule has 1 N–H and O–H groups in total. The Morgan fingerprint density at radius 1 is 1.05 bits per heavy atom. The van der Waals surface area contributed by atoms with Gasteiger partial charge in [0.25, 0.3) is 0 Å². The maximum atomic E-state index is 9.15. The van der Waals surface area contributed by atoms with Crippen molar-refractivity contribution in [3.05, 3.63) is 28.8 Å². The fourth-order valence-corrected chi connectivity index (χ4v) is 2.31. The van der Waals surface area contributed by atoms with E-state index < -0.39 is 0 Å². The van der Waals surface area contributed by atoms with Crippen molar-refractivity contribution < 1.29 is 14.6 Å². The Labute approximate surface area is 135 Å². The van der Waals surface area contributed by atoms with E-state index in [1.807, 2.05) is 6.92 Å². The number of hydrogen-bond acceptors (Lipinski definition) is 3. The Kier molecular flexibility index (Phi) is 6.05. The van der Waals surface area contributed by atoms with Crippen molar-refractivity contribution in [1.29, 1.82) is 0 Å². The highest BCUT2D eigenvalue weighted by Crippen LogP contribution is 2.38. The predicted octanol–water partition coefficient (Wildman–Crippen LogP) is 4.19. The van der Waals surface area contributed by atoms with Gasteiger partial charge in [-0.05, 0) is 29.4 Å². The van der Waals surface area contributed by atoms with Crippen LogP contribution in [-0.4, -0.2) is 24.9 Å². The van der Waals surface area contributed by atoms with Crippen LogP contribution in [0, 0.1) is 0 Å². The van der Waals surface area contributed by atoms with Crippen molar-refractivity contribution in [3.63, 3.8) is 0 Å². The number of aliphatic hydroxyl groups is 1.